The SMILES string of the molecule is CC1C=C(c2cc(-c3cccc(-c4ccc5c(c4)C4(c6ccccc6O5)c5ccccc5-c5ccccc54)c3)nc(-c3ccccc3)n2)C=C2Sc3ccccc3C21. The summed E-state index contributed by atoms with van der Waals surface area (Å²) in [5, 5.41) is 0. The maximum absolute atomic E-state index is 6.73. The predicted molar refractivity (Wildman–Crippen MR) is 236 cm³/mol. The van der Waals surface area contributed by atoms with Gasteiger partial charge in [0.25, 0.3) is 0 Å². The number of aromatic nitrogens is 2. The molecule has 58 heavy (non-hydrogen) atoms. The summed E-state index contributed by atoms with van der Waals surface area (Å²) >= 11 is 1.90. The van der Waals surface area contributed by atoms with Crippen LogP contribution in [-0.4, -0.2) is 9.97 Å². The van der Waals surface area contributed by atoms with E-state index in [1.807, 2.05) is 17.8 Å². The molecule has 0 bridgehead atoms. The standard InChI is InChI=1S/C54H36N2OS/c1-33-28-38(31-51-52(33)41-20-7-12-25-50(41)58-51)47-32-46(55-53(56-47)34-14-3-2-4-15-34)37-17-13-16-35(29-37)36-26-27-49-45(30-36)54(44-23-10-11-24-48(44)57-49)42-21-8-5-18-39(42)40-19-6-9-22-43(40)54/h2-33,52H,1H3. The molecule has 2 aliphatic carbocycles. The lowest BCUT2D eigenvalue weighted by atomic mass is 9.66. The molecule has 2 unspecified atom stereocenters. The van der Waals surface area contributed by atoms with Crippen molar-refractivity contribution in [2.45, 2.75) is 23.2 Å². The Bertz CT molecular complexity index is 3010. The summed E-state index contributed by atoms with van der Waals surface area (Å²) in [7, 11) is 0. The molecule has 2 atom stereocenters. The zero-order chi connectivity index (χ0) is 38.4. The van der Waals surface area contributed by atoms with Gasteiger partial charge < -0.3 is 4.74 Å². The third kappa shape index (κ3) is 4.95. The number of hydrogen-bond acceptors (Lipinski definition) is 4. The molecule has 3 heterocycles. The van der Waals surface area contributed by atoms with Crippen molar-refractivity contribution in [1.29, 1.82) is 0 Å². The van der Waals surface area contributed by atoms with Gasteiger partial charge in [0.2, 0.25) is 0 Å². The van der Waals surface area contributed by atoms with Gasteiger partial charge in [0.15, 0.2) is 5.82 Å². The van der Waals surface area contributed by atoms with E-state index in [9.17, 15) is 0 Å². The molecule has 0 saturated carbocycles. The van der Waals surface area contributed by atoms with E-state index in [0.29, 0.717) is 11.8 Å². The number of benzene rings is 7. The Morgan fingerprint density at radius 2 is 1.16 bits per heavy atom. The highest BCUT2D eigenvalue weighted by Gasteiger charge is 2.51. The van der Waals surface area contributed by atoms with Crippen LogP contribution in [0.2, 0.25) is 0 Å². The van der Waals surface area contributed by atoms with Gasteiger partial charge in [0.1, 0.15) is 11.5 Å². The molecule has 7 aromatic carbocycles. The number of allylic oxidation sites excluding steroid dienone is 4. The van der Waals surface area contributed by atoms with E-state index in [1.54, 1.807) is 0 Å². The molecule has 0 fully saturated rings. The summed E-state index contributed by atoms with van der Waals surface area (Å²) in [6, 6.07) is 63.2. The first-order valence-electron chi connectivity index (χ1n) is 20.0. The van der Waals surface area contributed by atoms with Crippen molar-refractivity contribution in [3.8, 4) is 56.4 Å². The number of hydrogen-bond donors (Lipinski definition) is 0. The summed E-state index contributed by atoms with van der Waals surface area (Å²) in [5.74, 6) is 3.23. The zero-order valence-electron chi connectivity index (χ0n) is 31.8. The minimum absolute atomic E-state index is 0.343. The van der Waals surface area contributed by atoms with Crippen LogP contribution < -0.4 is 4.74 Å². The summed E-state index contributed by atoms with van der Waals surface area (Å²) in [6.45, 7) is 2.33. The Morgan fingerprint density at radius 1 is 0.517 bits per heavy atom. The highest BCUT2D eigenvalue weighted by atomic mass is 32.2. The molecule has 4 heteroatoms. The maximum atomic E-state index is 6.73. The number of nitrogens with zero attached hydrogens (tertiary/aromatic N) is 2. The Balaban J connectivity index is 0.996. The van der Waals surface area contributed by atoms with Crippen LogP contribution in [0.4, 0.5) is 0 Å². The van der Waals surface area contributed by atoms with E-state index in [2.05, 4.69) is 189 Å². The minimum atomic E-state index is -0.519. The average molecular weight is 761 g/mol. The average Bonchev–Trinajstić information content (AvgIpc) is 3.81. The molecule has 2 aliphatic heterocycles. The molecule has 0 N–H and O–H groups in total. The molecule has 1 spiro atoms. The number of para-hydroxylation sites is 1. The largest absolute Gasteiger partial charge is 0.457 e. The van der Waals surface area contributed by atoms with Crippen LogP contribution in [-0.2, 0) is 5.41 Å². The summed E-state index contributed by atoms with van der Waals surface area (Å²) in [6.07, 6.45) is 4.76. The number of ether oxygens (including phenoxy) is 1. The van der Waals surface area contributed by atoms with Crippen molar-refractivity contribution in [3.63, 3.8) is 0 Å². The van der Waals surface area contributed by atoms with E-state index in [4.69, 9.17) is 14.7 Å². The lowest BCUT2D eigenvalue weighted by Crippen LogP contribution is -2.32. The van der Waals surface area contributed by atoms with Gasteiger partial charge in [-0.2, -0.15) is 0 Å². The lowest BCUT2D eigenvalue weighted by molar-refractivity contribution is 0.436. The number of fused-ring (bicyclic) bond motifs is 12. The predicted octanol–water partition coefficient (Wildman–Crippen LogP) is 13.8. The van der Waals surface area contributed by atoms with E-state index >= 15 is 0 Å². The van der Waals surface area contributed by atoms with Crippen LogP contribution in [0.25, 0.3) is 50.5 Å². The summed E-state index contributed by atoms with van der Waals surface area (Å²) in [4.78, 5) is 13.2. The van der Waals surface area contributed by atoms with E-state index in [0.717, 1.165) is 62.1 Å². The second-order valence-electron chi connectivity index (χ2n) is 15.7. The molecule has 274 valence electrons. The first kappa shape index (κ1) is 33.4. The molecule has 0 amide bonds. The first-order valence-corrected chi connectivity index (χ1v) is 20.8. The topological polar surface area (TPSA) is 35.0 Å². The van der Waals surface area contributed by atoms with Crippen LogP contribution >= 0.6 is 11.8 Å². The van der Waals surface area contributed by atoms with Gasteiger partial charge in [0, 0.05) is 33.1 Å². The monoisotopic (exact) mass is 760 g/mol. The van der Waals surface area contributed by atoms with Crippen LogP contribution in [0.5, 0.6) is 11.5 Å². The lowest BCUT2D eigenvalue weighted by Gasteiger charge is -2.39. The molecule has 0 saturated heterocycles. The van der Waals surface area contributed by atoms with E-state index in [-0.39, 0.29) is 0 Å². The maximum Gasteiger partial charge on any atom is 0.160 e. The van der Waals surface area contributed by atoms with Crippen molar-refractivity contribution < 1.29 is 4.74 Å². The highest BCUT2D eigenvalue weighted by Crippen LogP contribution is 2.62. The number of thioether (sulfide) groups is 1. The van der Waals surface area contributed by atoms with Gasteiger partial charge in [-0.3, -0.25) is 0 Å². The molecular formula is C54H36N2OS. The van der Waals surface area contributed by atoms with Crippen LogP contribution in [0.15, 0.2) is 198 Å². The fourth-order valence-corrected chi connectivity index (χ4v) is 11.3. The van der Waals surface area contributed by atoms with Gasteiger partial charge in [-0.15, -0.1) is 0 Å². The zero-order valence-corrected chi connectivity index (χ0v) is 32.6. The Labute approximate surface area is 342 Å². The van der Waals surface area contributed by atoms with Gasteiger partial charge >= 0.3 is 0 Å². The molecular weight excluding hydrogens is 725 g/mol. The fourth-order valence-electron chi connectivity index (χ4n) is 9.93. The quantitative estimate of drug-likeness (QED) is 0.179. The Kier molecular flexibility index (Phi) is 7.42. The summed E-state index contributed by atoms with van der Waals surface area (Å²) < 4.78 is 6.73. The second-order valence-corrected chi connectivity index (χ2v) is 16.8. The molecule has 0 radical (unpaired) electrons. The molecule has 1 aromatic heterocycles. The molecule has 3 nitrogen and oxygen atoms in total. The van der Waals surface area contributed by atoms with Crippen molar-refractivity contribution in [2.75, 3.05) is 0 Å². The molecule has 12 rings (SSSR count). The van der Waals surface area contributed by atoms with Crippen LogP contribution in [0, 0.1) is 5.92 Å². The van der Waals surface area contributed by atoms with Crippen molar-refractivity contribution in [1.82, 2.24) is 9.97 Å². The summed E-state index contributed by atoms with van der Waals surface area (Å²) in [5.41, 5.74) is 15.6. The van der Waals surface area contributed by atoms with Gasteiger partial charge in [-0.1, -0.05) is 164 Å². The third-order valence-electron chi connectivity index (χ3n) is 12.4. The Morgan fingerprint density at radius 3 is 1.98 bits per heavy atom. The van der Waals surface area contributed by atoms with Gasteiger partial charge in [0.05, 0.1) is 16.8 Å². The highest BCUT2D eigenvalue weighted by molar-refractivity contribution is 8.03. The van der Waals surface area contributed by atoms with Crippen molar-refractivity contribution in [2.24, 2.45) is 5.92 Å². The van der Waals surface area contributed by atoms with E-state index < -0.39 is 5.41 Å². The van der Waals surface area contributed by atoms with Crippen LogP contribution in [0.3, 0.4) is 0 Å². The normalized spacial score (nSPS) is 17.5. The second kappa shape index (κ2) is 12.9. The van der Waals surface area contributed by atoms with Crippen molar-refractivity contribution in [3.05, 3.63) is 226 Å². The molecule has 8 aromatic rings. The van der Waals surface area contributed by atoms with Crippen molar-refractivity contribution >= 4 is 17.3 Å². The van der Waals surface area contributed by atoms with E-state index in [1.165, 1.54) is 43.2 Å². The molecule has 4 aliphatic rings. The smallest absolute Gasteiger partial charge is 0.160 e. The minimum Gasteiger partial charge on any atom is -0.457 e. The third-order valence-corrected chi connectivity index (χ3v) is 13.6. The Hall–Kier alpha value is -6.75. The fraction of sp³-hybridized carbons (Fsp3) is 0.0741. The van der Waals surface area contributed by atoms with Gasteiger partial charge in [-0.05, 0) is 97.8 Å². The van der Waals surface area contributed by atoms with Crippen LogP contribution in [0.1, 0.15) is 46.4 Å². The number of rotatable bonds is 4. The van der Waals surface area contributed by atoms with Gasteiger partial charge in [-0.25, -0.2) is 9.97 Å². The first-order chi connectivity index (χ1) is 28.6.